The number of rotatable bonds is 6. The Labute approximate surface area is 147 Å². The van der Waals surface area contributed by atoms with Gasteiger partial charge in [-0.05, 0) is 29.0 Å². The van der Waals surface area contributed by atoms with E-state index in [1.807, 2.05) is 0 Å². The van der Waals surface area contributed by atoms with Crippen LogP contribution in [0.3, 0.4) is 0 Å². The molecule has 2 aromatic heterocycles. The highest BCUT2D eigenvalue weighted by Gasteiger charge is 2.23. The van der Waals surface area contributed by atoms with Crippen LogP contribution in [0.4, 0.5) is 0 Å². The van der Waals surface area contributed by atoms with Crippen molar-refractivity contribution in [1.29, 1.82) is 0 Å². The summed E-state index contributed by atoms with van der Waals surface area (Å²) in [6, 6.07) is 12.6. The molecular weight excluding hydrogens is 316 g/mol. The summed E-state index contributed by atoms with van der Waals surface area (Å²) in [4.78, 5) is 13.7. The minimum Gasteiger partial charge on any atom is -0.356 e. The van der Waals surface area contributed by atoms with Crippen LogP contribution >= 0.6 is 11.3 Å². The van der Waals surface area contributed by atoms with Crippen molar-refractivity contribution < 1.29 is 4.79 Å². The lowest BCUT2D eigenvalue weighted by Crippen LogP contribution is -2.28. The Hall–Kier alpha value is -2.07. The minimum absolute atomic E-state index is 0.100. The van der Waals surface area contributed by atoms with E-state index < -0.39 is 0 Å². The first-order valence-electron chi connectivity index (χ1n) is 8.40. The number of carbonyl (C=O) groups excluding carboxylic acids is 1. The number of carbonyl (C=O) groups is 1. The molecule has 0 spiro atoms. The van der Waals surface area contributed by atoms with Gasteiger partial charge in [0.15, 0.2) is 0 Å². The van der Waals surface area contributed by atoms with Crippen LogP contribution in [-0.2, 0) is 11.8 Å². The monoisotopic (exact) mass is 340 g/mol. The third-order valence-corrected chi connectivity index (χ3v) is 5.27. The molecule has 0 bridgehead atoms. The van der Waals surface area contributed by atoms with Crippen molar-refractivity contribution in [2.45, 2.75) is 26.2 Å². The lowest BCUT2D eigenvalue weighted by Gasteiger charge is -2.16. The number of thiophene rings is 1. The second-order valence-electron chi connectivity index (χ2n) is 6.68. The van der Waals surface area contributed by atoms with Crippen molar-refractivity contribution in [3.05, 3.63) is 58.4 Å². The zero-order valence-electron chi connectivity index (χ0n) is 14.5. The molecule has 3 nitrogen and oxygen atoms in total. The highest BCUT2D eigenvalue weighted by Crippen LogP contribution is 2.36. The van der Waals surface area contributed by atoms with Crippen LogP contribution in [0, 0.1) is 5.92 Å². The number of aromatic nitrogens is 1. The molecule has 1 aromatic carbocycles. The largest absolute Gasteiger partial charge is 0.356 e. The van der Waals surface area contributed by atoms with Crippen molar-refractivity contribution >= 4 is 28.1 Å². The summed E-state index contributed by atoms with van der Waals surface area (Å²) in [5.41, 5.74) is 2.44. The normalized spacial score (nSPS) is 12.7. The summed E-state index contributed by atoms with van der Waals surface area (Å²) >= 11 is 1.72. The number of para-hydroxylation sites is 1. The lowest BCUT2D eigenvalue weighted by molar-refractivity contribution is -0.121. The first kappa shape index (κ1) is 16.8. The first-order chi connectivity index (χ1) is 11.6. The molecule has 126 valence electrons. The van der Waals surface area contributed by atoms with Gasteiger partial charge in [-0.1, -0.05) is 38.1 Å². The number of hydrogen-bond donors (Lipinski definition) is 1. The van der Waals surface area contributed by atoms with E-state index in [4.69, 9.17) is 0 Å². The van der Waals surface area contributed by atoms with E-state index in [-0.39, 0.29) is 11.8 Å². The minimum atomic E-state index is 0.100. The smallest absolute Gasteiger partial charge is 0.220 e. The topological polar surface area (TPSA) is 34.0 Å². The van der Waals surface area contributed by atoms with Gasteiger partial charge < -0.3 is 9.88 Å². The Bertz CT molecular complexity index is 817. The van der Waals surface area contributed by atoms with Gasteiger partial charge in [-0.2, -0.15) is 0 Å². The molecule has 0 aliphatic heterocycles. The molecule has 1 unspecified atom stereocenters. The van der Waals surface area contributed by atoms with Crippen molar-refractivity contribution in [2.24, 2.45) is 13.0 Å². The Kier molecular flexibility index (Phi) is 5.05. The highest BCUT2D eigenvalue weighted by molar-refractivity contribution is 7.10. The maximum absolute atomic E-state index is 12.5. The maximum atomic E-state index is 12.5. The van der Waals surface area contributed by atoms with Crippen LogP contribution < -0.4 is 5.32 Å². The molecule has 0 aliphatic rings. The average molecular weight is 340 g/mol. The van der Waals surface area contributed by atoms with Gasteiger partial charge in [-0.15, -0.1) is 11.3 Å². The van der Waals surface area contributed by atoms with Crippen molar-refractivity contribution in [3.8, 4) is 0 Å². The summed E-state index contributed by atoms with van der Waals surface area (Å²) in [6.07, 6.45) is 2.66. The predicted molar refractivity (Wildman–Crippen MR) is 102 cm³/mol. The molecule has 0 radical (unpaired) electrons. The molecule has 1 N–H and O–H groups in total. The van der Waals surface area contributed by atoms with Gasteiger partial charge in [-0.3, -0.25) is 4.79 Å². The van der Waals surface area contributed by atoms with Gasteiger partial charge in [0.05, 0.1) is 0 Å². The predicted octanol–water partition coefficient (Wildman–Crippen LogP) is 4.53. The molecule has 0 saturated heterocycles. The molecule has 0 fully saturated rings. The van der Waals surface area contributed by atoms with Crippen molar-refractivity contribution in [1.82, 2.24) is 9.88 Å². The molecule has 3 aromatic rings. The Morgan fingerprint density at radius 3 is 2.71 bits per heavy atom. The maximum Gasteiger partial charge on any atom is 0.220 e. The van der Waals surface area contributed by atoms with Crippen LogP contribution in [0.1, 0.15) is 36.6 Å². The van der Waals surface area contributed by atoms with Gasteiger partial charge >= 0.3 is 0 Å². The van der Waals surface area contributed by atoms with Gasteiger partial charge in [0, 0.05) is 47.9 Å². The van der Waals surface area contributed by atoms with Gasteiger partial charge in [0.25, 0.3) is 0 Å². The molecule has 4 heteroatoms. The number of benzene rings is 1. The average Bonchev–Trinajstić information content (AvgIpc) is 3.20. The van der Waals surface area contributed by atoms with Crippen LogP contribution in [0.5, 0.6) is 0 Å². The number of aryl methyl sites for hydroxylation is 1. The molecule has 0 saturated carbocycles. The Balaban J connectivity index is 1.95. The third-order valence-electron chi connectivity index (χ3n) is 4.29. The highest BCUT2D eigenvalue weighted by atomic mass is 32.1. The standard InChI is InChI=1S/C20H24N2OS/c1-14(2)12-21-20(23)11-16(19-9-6-10-24-19)17-13-22(3)18-8-5-4-7-15(17)18/h4-10,13-14,16H,11-12H2,1-3H3,(H,21,23). The van der Waals surface area contributed by atoms with Crippen LogP contribution in [0.25, 0.3) is 10.9 Å². The zero-order valence-corrected chi connectivity index (χ0v) is 15.3. The molecule has 2 heterocycles. The number of hydrogen-bond acceptors (Lipinski definition) is 2. The number of nitrogens with one attached hydrogen (secondary N) is 1. The van der Waals surface area contributed by atoms with Crippen LogP contribution in [-0.4, -0.2) is 17.0 Å². The van der Waals surface area contributed by atoms with Crippen LogP contribution in [0.2, 0.25) is 0 Å². The van der Waals surface area contributed by atoms with E-state index in [0.717, 1.165) is 6.54 Å². The zero-order chi connectivity index (χ0) is 17.1. The second kappa shape index (κ2) is 7.22. The summed E-state index contributed by atoms with van der Waals surface area (Å²) < 4.78 is 2.15. The van der Waals surface area contributed by atoms with E-state index in [1.165, 1.54) is 21.3 Å². The van der Waals surface area contributed by atoms with E-state index in [9.17, 15) is 4.79 Å². The van der Waals surface area contributed by atoms with E-state index in [1.54, 1.807) is 11.3 Å². The fraction of sp³-hybridized carbons (Fsp3) is 0.350. The van der Waals surface area contributed by atoms with Crippen molar-refractivity contribution in [3.63, 3.8) is 0 Å². The van der Waals surface area contributed by atoms with Crippen LogP contribution in [0.15, 0.2) is 48.0 Å². The lowest BCUT2D eigenvalue weighted by atomic mass is 9.93. The number of fused-ring (bicyclic) bond motifs is 1. The SMILES string of the molecule is CC(C)CNC(=O)CC(c1cccs1)c1cn(C)c2ccccc12. The molecule has 3 rings (SSSR count). The second-order valence-corrected chi connectivity index (χ2v) is 7.66. The van der Waals surface area contributed by atoms with Gasteiger partial charge in [0.2, 0.25) is 5.91 Å². The summed E-state index contributed by atoms with van der Waals surface area (Å²) in [5.74, 6) is 0.685. The van der Waals surface area contributed by atoms with Crippen molar-refractivity contribution in [2.75, 3.05) is 6.54 Å². The van der Waals surface area contributed by atoms with E-state index in [0.29, 0.717) is 12.3 Å². The summed E-state index contributed by atoms with van der Waals surface area (Å²) in [7, 11) is 2.07. The first-order valence-corrected chi connectivity index (χ1v) is 9.28. The fourth-order valence-electron chi connectivity index (χ4n) is 3.08. The quantitative estimate of drug-likeness (QED) is 0.702. The Morgan fingerprint density at radius 1 is 1.21 bits per heavy atom. The molecule has 24 heavy (non-hydrogen) atoms. The van der Waals surface area contributed by atoms with Gasteiger partial charge in [0.1, 0.15) is 0 Å². The molecule has 1 amide bonds. The molecule has 1 atom stereocenters. The molecule has 0 aliphatic carbocycles. The van der Waals surface area contributed by atoms with E-state index in [2.05, 4.69) is 78.8 Å². The number of nitrogens with zero attached hydrogens (tertiary/aromatic N) is 1. The Morgan fingerprint density at radius 2 is 2.00 bits per heavy atom. The third kappa shape index (κ3) is 3.54. The molecular formula is C20H24N2OS. The summed E-state index contributed by atoms with van der Waals surface area (Å²) in [5, 5.41) is 6.37. The summed E-state index contributed by atoms with van der Waals surface area (Å²) in [6.45, 7) is 4.95. The number of amides is 1. The fourth-order valence-corrected chi connectivity index (χ4v) is 3.93. The van der Waals surface area contributed by atoms with Gasteiger partial charge in [-0.25, -0.2) is 0 Å². The van der Waals surface area contributed by atoms with E-state index >= 15 is 0 Å².